The van der Waals surface area contributed by atoms with E-state index in [-0.39, 0.29) is 19.3 Å². The predicted octanol–water partition coefficient (Wildman–Crippen LogP) is -7.16. The van der Waals surface area contributed by atoms with Crippen molar-refractivity contribution >= 4 is 17.9 Å². The van der Waals surface area contributed by atoms with E-state index in [4.69, 9.17) is 71.1 Å². The normalized spacial score (nSPS) is 54.0. The molecule has 0 bridgehead atoms. The summed E-state index contributed by atoms with van der Waals surface area (Å²) >= 11 is 0. The average Bonchev–Trinajstić information content (AvgIpc) is 1.00. The first-order valence-corrected chi connectivity index (χ1v) is 37.6. The summed E-state index contributed by atoms with van der Waals surface area (Å²) in [5.41, 5.74) is -7.04. The first kappa shape index (κ1) is 85.2. The fourth-order valence-electron chi connectivity index (χ4n) is 20.1. The van der Waals surface area contributed by atoms with E-state index >= 15 is 4.79 Å². The number of aliphatic hydroxyl groups excluding tert-OH is 18. The lowest BCUT2D eigenvalue weighted by atomic mass is 9.35. The van der Waals surface area contributed by atoms with Crippen molar-refractivity contribution < 1.29 is 188 Å². The van der Waals surface area contributed by atoms with Crippen LogP contribution in [0.4, 0.5) is 0 Å². The Morgan fingerprint density at radius 2 is 1.09 bits per heavy atom. The highest BCUT2D eigenvalue weighted by molar-refractivity contribution is 5.80. The number of carbonyl (C=O) groups is 3. The standard InChI is InChI=1S/C71H112O38/c1-24-37-29-11-10-28-31-16-66(5,6)14-15-71(31,36(78)17-68(28,8)67(29,7)13-12-30(37)69(9,64(91)92)56(38(24)79)108-62-54(100-27(4)75)52(42(83)35(19-73)102-62)106-59-45(86)43(84)41(82)34(18-72)101-59)65(93)109-57-47(88)50(33(77)21-95-57)104-58-46(87)44(85)49(26(3)99-58)103-61-53(40(81)32(76)20-96-61)107-60-48(89)51(39(80)25(2)98-60)105-63-55(90)70(94,22-74)23-97-63/h10,24-26,29-63,72-74,76-90,94H,11-23H2,1-9H3,(H,91,92)/t24-,25+,26-,29?,30?,31?,32+,33+,34+,35+,36+,37?,38-,39+,40-,41+,42+,43-,44-,45+,46+,47+,48-,49-,50-,51+,52-,53+,54+,55-,56-,57+,58-,59-,60+,61-,62?,63-,67+,68+,69-,70+,71+/m0/s1. The zero-order chi connectivity index (χ0) is 79.8. The fourth-order valence-corrected chi connectivity index (χ4v) is 20.1. The zero-order valence-electron chi connectivity index (χ0n) is 62.0. The molecular formula is C71H112O38. The second-order valence-corrected chi connectivity index (χ2v) is 33.8. The number of hydrogen-bond donors (Lipinski definition) is 20. The van der Waals surface area contributed by atoms with Crippen LogP contribution in [0.1, 0.15) is 107 Å². The van der Waals surface area contributed by atoms with Crippen LogP contribution < -0.4 is 0 Å². The molecule has 11 fully saturated rings. The second kappa shape index (κ2) is 32.1. The Balaban J connectivity index is 0.734. The minimum atomic E-state index is -2.13. The van der Waals surface area contributed by atoms with E-state index in [1.54, 1.807) is 6.92 Å². The number of fused-ring (bicyclic) bond motifs is 7. The third kappa shape index (κ3) is 14.7. The summed E-state index contributed by atoms with van der Waals surface area (Å²) < 4.78 is 88.3. The molecule has 12 rings (SSSR count). The molecule has 0 spiro atoms. The summed E-state index contributed by atoms with van der Waals surface area (Å²) in [5, 5.41) is 224. The van der Waals surface area contributed by atoms with Gasteiger partial charge in [-0.25, -0.2) is 0 Å². The largest absolute Gasteiger partial charge is 0.481 e. The summed E-state index contributed by atoms with van der Waals surface area (Å²) in [6.45, 7) is 10.7. The number of aliphatic carboxylic acids is 1. The number of esters is 2. The Kier molecular flexibility index (Phi) is 25.1. The summed E-state index contributed by atoms with van der Waals surface area (Å²) in [4.78, 5) is 42.6. The first-order valence-electron chi connectivity index (χ1n) is 37.6. The van der Waals surface area contributed by atoms with Crippen molar-refractivity contribution in [2.45, 2.75) is 316 Å². The van der Waals surface area contributed by atoms with Gasteiger partial charge < -0.3 is 173 Å². The van der Waals surface area contributed by atoms with E-state index < -0.39 is 323 Å². The molecule has 0 aromatic carbocycles. The Morgan fingerprint density at radius 1 is 0.514 bits per heavy atom. The number of rotatable bonds is 19. The highest BCUT2D eigenvalue weighted by atomic mass is 16.8. The molecular weight excluding hydrogens is 1460 g/mol. The monoisotopic (exact) mass is 1570 g/mol. The van der Waals surface area contributed by atoms with Gasteiger partial charge in [-0.05, 0) is 112 Å². The van der Waals surface area contributed by atoms with Crippen molar-refractivity contribution in [1.82, 2.24) is 0 Å². The van der Waals surface area contributed by atoms with Crippen LogP contribution in [-0.4, -0.2) is 368 Å². The molecule has 7 aliphatic heterocycles. The molecule has 38 nitrogen and oxygen atoms in total. The summed E-state index contributed by atoms with van der Waals surface area (Å²) in [6, 6.07) is 0. The maximum atomic E-state index is 15.5. The minimum Gasteiger partial charge on any atom is -0.481 e. The molecule has 109 heavy (non-hydrogen) atoms. The number of allylic oxidation sites excluding steroid dienone is 2. The van der Waals surface area contributed by atoms with Crippen molar-refractivity contribution in [3.05, 3.63) is 11.6 Å². The quantitative estimate of drug-likeness (QED) is 0.0325. The number of ether oxygens (including phenoxy) is 15. The Labute approximate surface area is 627 Å². The molecule has 4 saturated carbocycles. The SMILES string of the molecule is CC(=O)O[C@H]1C(O[C@H]2[C@@H](O)[C@@H](C)C3C(CC[C@]4(C)C3CC=C3C5CC(C)(C)CC[C@]5(C(=O)O[C@H]5OC[C@@H](O)[C@H](O[C@@H]6O[C@@H](C)[C@H](O[C@@H]7OC[C@@H](O)[C@H](O)[C@H]7O[C@H]7O[C@H](C)[C@@H](O)[C@@H](O[C@@H]8OC[C@](O)(CO)[C@H]8O)[C@@H]7O)[C@@H](O)[C@H]6O)[C@H]5O)[C@H](O)C[C@]34C)[C@]2(C)C(=O)O)O[C@H](CO)[C@@H](O)[C@@H]1O[C@@H]1O[C@H](CO)[C@@H](O)[C@H](O)[C@H]1O. The summed E-state index contributed by atoms with van der Waals surface area (Å²) in [5.74, 6) is -6.50. The molecule has 0 radical (unpaired) electrons. The molecule has 5 unspecified atom stereocenters. The van der Waals surface area contributed by atoms with Gasteiger partial charge in [0.1, 0.15) is 139 Å². The molecule has 20 N–H and O–H groups in total. The smallest absolute Gasteiger partial charge is 0.317 e. The van der Waals surface area contributed by atoms with E-state index in [9.17, 15) is 112 Å². The third-order valence-electron chi connectivity index (χ3n) is 26.9. The highest BCUT2D eigenvalue weighted by Crippen LogP contribution is 2.74. The molecule has 43 atom stereocenters. The van der Waals surface area contributed by atoms with Crippen molar-refractivity contribution in [2.75, 3.05) is 39.6 Å². The molecule has 0 aromatic heterocycles. The number of carboxylic acids is 1. The Hall–Kier alpha value is -3.13. The second-order valence-electron chi connectivity index (χ2n) is 33.8. The van der Waals surface area contributed by atoms with Gasteiger partial charge in [0.2, 0.25) is 6.29 Å². The Morgan fingerprint density at radius 3 is 1.74 bits per heavy atom. The van der Waals surface area contributed by atoms with Gasteiger partial charge in [-0.1, -0.05) is 46.3 Å². The van der Waals surface area contributed by atoms with Crippen molar-refractivity contribution in [2.24, 2.45) is 56.7 Å². The predicted molar refractivity (Wildman–Crippen MR) is 354 cm³/mol. The number of aliphatic hydroxyl groups is 19. The number of carbonyl (C=O) groups excluding carboxylic acids is 2. The van der Waals surface area contributed by atoms with Gasteiger partial charge in [0.25, 0.3) is 0 Å². The van der Waals surface area contributed by atoms with Gasteiger partial charge in [0.15, 0.2) is 43.8 Å². The topological polar surface area (TPSA) is 594 Å². The zero-order valence-corrected chi connectivity index (χ0v) is 62.0. The van der Waals surface area contributed by atoms with Crippen LogP contribution in [0.5, 0.6) is 0 Å². The summed E-state index contributed by atoms with van der Waals surface area (Å²) in [7, 11) is 0. The lowest BCUT2D eigenvalue weighted by Gasteiger charge is -2.70. The van der Waals surface area contributed by atoms with Crippen molar-refractivity contribution in [1.29, 1.82) is 0 Å². The molecule has 624 valence electrons. The maximum Gasteiger partial charge on any atom is 0.317 e. The van der Waals surface area contributed by atoms with Crippen LogP contribution in [0.25, 0.3) is 0 Å². The van der Waals surface area contributed by atoms with E-state index in [0.29, 0.717) is 25.7 Å². The van der Waals surface area contributed by atoms with Gasteiger partial charge in [0.05, 0.1) is 69.5 Å². The Bertz CT molecular complexity index is 3210. The van der Waals surface area contributed by atoms with Crippen LogP contribution >= 0.6 is 0 Å². The maximum absolute atomic E-state index is 15.5. The van der Waals surface area contributed by atoms with Gasteiger partial charge in [-0.2, -0.15) is 0 Å². The van der Waals surface area contributed by atoms with Crippen LogP contribution in [-0.2, 0) is 85.4 Å². The van der Waals surface area contributed by atoms with Crippen LogP contribution in [0.2, 0.25) is 0 Å². The van der Waals surface area contributed by atoms with E-state index in [0.717, 1.165) is 12.5 Å². The number of carboxylic acid groups (broad SMARTS) is 1. The molecule has 5 aliphatic carbocycles. The molecule has 7 heterocycles. The van der Waals surface area contributed by atoms with Gasteiger partial charge >= 0.3 is 17.9 Å². The van der Waals surface area contributed by atoms with Crippen molar-refractivity contribution in [3.63, 3.8) is 0 Å². The highest BCUT2D eigenvalue weighted by Gasteiger charge is 2.73. The van der Waals surface area contributed by atoms with E-state index in [1.807, 2.05) is 20.8 Å². The van der Waals surface area contributed by atoms with Crippen LogP contribution in [0, 0.1) is 56.7 Å². The first-order chi connectivity index (χ1) is 51.1. The molecule has 0 aromatic rings. The minimum absolute atomic E-state index is 0.0136. The van der Waals surface area contributed by atoms with Crippen molar-refractivity contribution in [3.8, 4) is 0 Å². The van der Waals surface area contributed by atoms with Crippen LogP contribution in [0.15, 0.2) is 11.6 Å². The third-order valence-corrected chi connectivity index (χ3v) is 26.9. The van der Waals surface area contributed by atoms with Gasteiger partial charge in [0, 0.05) is 6.92 Å². The van der Waals surface area contributed by atoms with Crippen LogP contribution in [0.3, 0.4) is 0 Å². The number of hydrogen-bond acceptors (Lipinski definition) is 37. The van der Waals surface area contributed by atoms with Gasteiger partial charge in [-0.3, -0.25) is 14.4 Å². The fraction of sp³-hybridized carbons (Fsp3) is 0.930. The lowest BCUT2D eigenvalue weighted by molar-refractivity contribution is -0.385. The summed E-state index contributed by atoms with van der Waals surface area (Å²) in [6.07, 6.45) is -54.0. The van der Waals surface area contributed by atoms with Gasteiger partial charge in [-0.15, -0.1) is 0 Å². The molecule has 7 saturated heterocycles. The molecule has 38 heteroatoms. The average molecular weight is 1570 g/mol. The lowest BCUT2D eigenvalue weighted by Crippen LogP contribution is -2.70. The van der Waals surface area contributed by atoms with E-state index in [1.165, 1.54) is 20.8 Å². The molecule has 0 amide bonds. The molecule has 12 aliphatic rings. The van der Waals surface area contributed by atoms with E-state index in [2.05, 4.69) is 13.0 Å².